The molecule has 1 fully saturated rings. The minimum Gasteiger partial charge on any atom is -0.504 e. The first-order chi connectivity index (χ1) is 8.33. The number of benzene rings is 1. The molecule has 4 rings (SSSR count). The van der Waals surface area contributed by atoms with E-state index in [0.717, 1.165) is 43.4 Å². The number of phenols is 1. The van der Waals surface area contributed by atoms with Crippen LogP contribution in [0.1, 0.15) is 47.1 Å². The lowest BCUT2D eigenvalue weighted by molar-refractivity contribution is 0.0846. The molecule has 1 saturated heterocycles. The molecule has 0 bridgehead atoms. The highest BCUT2D eigenvalue weighted by Gasteiger charge is 2.48. The predicted octanol–water partition coefficient (Wildman–Crippen LogP) is 2.45. The summed E-state index contributed by atoms with van der Waals surface area (Å²) in [7, 11) is 1.64. The number of rotatable bonds is 1. The quantitative estimate of drug-likeness (QED) is 0.808. The maximum absolute atomic E-state index is 10.3. The van der Waals surface area contributed by atoms with Crippen molar-refractivity contribution in [2.24, 2.45) is 0 Å². The second kappa shape index (κ2) is 3.16. The van der Waals surface area contributed by atoms with Crippen LogP contribution in [0.2, 0.25) is 0 Å². The lowest BCUT2D eigenvalue weighted by atomic mass is 9.70. The summed E-state index contributed by atoms with van der Waals surface area (Å²) < 4.78 is 11.2. The first kappa shape index (κ1) is 9.77. The molecule has 1 aromatic rings. The minimum absolute atomic E-state index is 0.178. The van der Waals surface area contributed by atoms with E-state index in [1.165, 1.54) is 11.1 Å². The Morgan fingerprint density at radius 1 is 1.24 bits per heavy atom. The number of fused-ring (bicyclic) bond motifs is 6. The normalized spacial score (nSPS) is 28.3. The zero-order valence-electron chi connectivity index (χ0n) is 9.95. The highest BCUT2D eigenvalue weighted by atomic mass is 16.5. The Bertz CT molecular complexity index is 496. The zero-order valence-corrected chi connectivity index (χ0v) is 9.95. The van der Waals surface area contributed by atoms with E-state index in [-0.39, 0.29) is 6.10 Å². The van der Waals surface area contributed by atoms with Crippen LogP contribution in [0.3, 0.4) is 0 Å². The van der Waals surface area contributed by atoms with E-state index < -0.39 is 0 Å². The molecule has 2 atom stereocenters. The van der Waals surface area contributed by atoms with E-state index >= 15 is 0 Å². The van der Waals surface area contributed by atoms with Crippen LogP contribution in [-0.2, 0) is 17.6 Å². The molecule has 17 heavy (non-hydrogen) atoms. The largest absolute Gasteiger partial charge is 0.504 e. The molecule has 3 heteroatoms. The van der Waals surface area contributed by atoms with Crippen LogP contribution in [0.25, 0.3) is 0 Å². The van der Waals surface area contributed by atoms with Crippen molar-refractivity contribution in [3.63, 3.8) is 0 Å². The SMILES string of the molecule is COc1c(O)c2c(c3c1C1OCCC31)CCC2. The van der Waals surface area contributed by atoms with Gasteiger partial charge in [-0.2, -0.15) is 0 Å². The summed E-state index contributed by atoms with van der Waals surface area (Å²) in [5.74, 6) is 1.60. The molecule has 1 aromatic carbocycles. The monoisotopic (exact) mass is 232 g/mol. The first-order valence-electron chi connectivity index (χ1n) is 6.39. The molecule has 0 radical (unpaired) electrons. The molecular formula is C14H16O3. The Balaban J connectivity index is 2.00. The van der Waals surface area contributed by atoms with Crippen molar-refractivity contribution in [1.82, 2.24) is 0 Å². The number of hydrogen-bond donors (Lipinski definition) is 1. The number of aromatic hydroxyl groups is 1. The van der Waals surface area contributed by atoms with Crippen LogP contribution in [0.15, 0.2) is 0 Å². The van der Waals surface area contributed by atoms with E-state index in [2.05, 4.69) is 0 Å². The maximum Gasteiger partial charge on any atom is 0.166 e. The lowest BCUT2D eigenvalue weighted by Crippen LogP contribution is -2.24. The van der Waals surface area contributed by atoms with Crippen molar-refractivity contribution in [2.45, 2.75) is 37.7 Å². The Hall–Kier alpha value is -1.22. The smallest absolute Gasteiger partial charge is 0.166 e. The third kappa shape index (κ3) is 1.01. The third-order valence-electron chi connectivity index (χ3n) is 4.53. The summed E-state index contributed by atoms with van der Waals surface area (Å²) in [6.45, 7) is 0.836. The summed E-state index contributed by atoms with van der Waals surface area (Å²) in [6, 6.07) is 0. The van der Waals surface area contributed by atoms with E-state index in [0.29, 0.717) is 17.4 Å². The van der Waals surface area contributed by atoms with Gasteiger partial charge in [-0.15, -0.1) is 0 Å². The van der Waals surface area contributed by atoms with Crippen molar-refractivity contribution in [3.8, 4) is 11.5 Å². The van der Waals surface area contributed by atoms with Gasteiger partial charge in [0.05, 0.1) is 13.2 Å². The van der Waals surface area contributed by atoms with Crippen molar-refractivity contribution in [1.29, 1.82) is 0 Å². The Kier molecular flexibility index (Phi) is 1.82. The van der Waals surface area contributed by atoms with Crippen LogP contribution < -0.4 is 4.74 Å². The Labute approximate surface area is 100 Å². The summed E-state index contributed by atoms with van der Waals surface area (Å²) in [6.07, 6.45) is 4.55. The van der Waals surface area contributed by atoms with Gasteiger partial charge in [0.2, 0.25) is 0 Å². The van der Waals surface area contributed by atoms with Gasteiger partial charge in [-0.05, 0) is 36.8 Å². The van der Waals surface area contributed by atoms with E-state index in [1.54, 1.807) is 7.11 Å². The molecule has 3 aliphatic rings. The van der Waals surface area contributed by atoms with Crippen molar-refractivity contribution >= 4 is 0 Å². The van der Waals surface area contributed by atoms with Crippen molar-refractivity contribution in [3.05, 3.63) is 22.3 Å². The molecule has 90 valence electrons. The average Bonchev–Trinajstić information content (AvgIpc) is 2.93. The molecule has 1 N–H and O–H groups in total. The van der Waals surface area contributed by atoms with E-state index in [1.807, 2.05) is 0 Å². The van der Waals surface area contributed by atoms with Gasteiger partial charge >= 0.3 is 0 Å². The van der Waals surface area contributed by atoms with Gasteiger partial charge in [0.15, 0.2) is 11.5 Å². The molecule has 0 saturated carbocycles. The van der Waals surface area contributed by atoms with Gasteiger partial charge in [-0.25, -0.2) is 0 Å². The zero-order chi connectivity index (χ0) is 11.6. The molecule has 1 aliphatic heterocycles. The molecule has 0 spiro atoms. The van der Waals surface area contributed by atoms with Crippen molar-refractivity contribution in [2.75, 3.05) is 13.7 Å². The van der Waals surface area contributed by atoms with Crippen LogP contribution in [-0.4, -0.2) is 18.8 Å². The van der Waals surface area contributed by atoms with Gasteiger partial charge in [-0.3, -0.25) is 0 Å². The Morgan fingerprint density at radius 3 is 2.88 bits per heavy atom. The molecule has 2 unspecified atom stereocenters. The standard InChI is InChI=1S/C14H16O3/c1-16-14-11-10(9-5-6-17-13(9)11)7-3-2-4-8(7)12(14)15/h9,13,15H,2-6H2,1H3. The lowest BCUT2D eigenvalue weighted by Gasteiger charge is -2.37. The maximum atomic E-state index is 10.3. The fraction of sp³-hybridized carbons (Fsp3) is 0.571. The third-order valence-corrected chi connectivity index (χ3v) is 4.53. The fourth-order valence-electron chi connectivity index (χ4n) is 3.84. The van der Waals surface area contributed by atoms with Gasteiger partial charge in [0.1, 0.15) is 0 Å². The number of phenolic OH excluding ortho intramolecular Hbond substituents is 1. The first-order valence-corrected chi connectivity index (χ1v) is 6.39. The van der Waals surface area contributed by atoms with Crippen LogP contribution in [0, 0.1) is 0 Å². The fourth-order valence-corrected chi connectivity index (χ4v) is 3.84. The van der Waals surface area contributed by atoms with E-state index in [4.69, 9.17) is 9.47 Å². The number of ether oxygens (including phenoxy) is 2. The topological polar surface area (TPSA) is 38.7 Å². The minimum atomic E-state index is 0.178. The summed E-state index contributed by atoms with van der Waals surface area (Å²) in [5.41, 5.74) is 5.10. The van der Waals surface area contributed by atoms with E-state index in [9.17, 15) is 5.11 Å². The highest BCUT2D eigenvalue weighted by Crippen LogP contribution is 2.61. The van der Waals surface area contributed by atoms with Gasteiger partial charge < -0.3 is 14.6 Å². The molecule has 1 heterocycles. The Morgan fingerprint density at radius 2 is 2.06 bits per heavy atom. The average molecular weight is 232 g/mol. The molecular weight excluding hydrogens is 216 g/mol. The van der Waals surface area contributed by atoms with Gasteiger partial charge in [0, 0.05) is 23.7 Å². The summed E-state index contributed by atoms with van der Waals surface area (Å²) in [4.78, 5) is 0. The predicted molar refractivity (Wildman–Crippen MR) is 62.7 cm³/mol. The van der Waals surface area contributed by atoms with Crippen molar-refractivity contribution < 1.29 is 14.6 Å². The number of methoxy groups -OCH3 is 1. The molecule has 0 amide bonds. The molecule has 0 aromatic heterocycles. The molecule has 2 aliphatic carbocycles. The van der Waals surface area contributed by atoms with Crippen LogP contribution in [0.4, 0.5) is 0 Å². The second-order valence-electron chi connectivity index (χ2n) is 5.21. The van der Waals surface area contributed by atoms with Crippen LogP contribution >= 0.6 is 0 Å². The number of hydrogen-bond acceptors (Lipinski definition) is 3. The van der Waals surface area contributed by atoms with Gasteiger partial charge in [-0.1, -0.05) is 0 Å². The molecule has 3 nitrogen and oxygen atoms in total. The highest BCUT2D eigenvalue weighted by molar-refractivity contribution is 5.67. The summed E-state index contributed by atoms with van der Waals surface area (Å²) in [5, 5.41) is 10.3. The van der Waals surface area contributed by atoms with Gasteiger partial charge in [0.25, 0.3) is 0 Å². The second-order valence-corrected chi connectivity index (χ2v) is 5.21. The summed E-state index contributed by atoms with van der Waals surface area (Å²) >= 11 is 0. The van der Waals surface area contributed by atoms with Crippen LogP contribution in [0.5, 0.6) is 11.5 Å².